The van der Waals surface area contributed by atoms with Crippen LogP contribution in [0, 0.1) is 5.92 Å². The van der Waals surface area contributed by atoms with Crippen molar-refractivity contribution in [3.8, 4) is 0 Å². The Morgan fingerprint density at radius 3 is 2.93 bits per heavy atom. The predicted molar refractivity (Wildman–Crippen MR) is 109 cm³/mol. The predicted octanol–water partition coefficient (Wildman–Crippen LogP) is 4.41. The molecule has 144 valence electrons. The first-order valence-corrected chi connectivity index (χ1v) is 10.4. The Balaban J connectivity index is 1.53. The fraction of sp³-hybridized carbons (Fsp3) is 0.429. The maximum absolute atomic E-state index is 12.2. The molecule has 0 spiro atoms. The maximum Gasteiger partial charge on any atom is 0.340 e. The van der Waals surface area contributed by atoms with E-state index in [2.05, 4.69) is 22.9 Å². The van der Waals surface area contributed by atoms with Crippen LogP contribution in [0.5, 0.6) is 0 Å². The van der Waals surface area contributed by atoms with Gasteiger partial charge in [-0.15, -0.1) is 11.3 Å². The van der Waals surface area contributed by atoms with Gasteiger partial charge in [-0.2, -0.15) is 0 Å². The van der Waals surface area contributed by atoms with E-state index in [0.717, 1.165) is 18.8 Å². The molecule has 0 fully saturated rings. The summed E-state index contributed by atoms with van der Waals surface area (Å²) in [6.07, 6.45) is 4.40. The Hall–Kier alpha value is -2.34. The van der Waals surface area contributed by atoms with E-state index < -0.39 is 5.97 Å². The molecular weight excluding hydrogens is 360 g/mol. The van der Waals surface area contributed by atoms with Crippen LogP contribution in [0.3, 0.4) is 0 Å². The summed E-state index contributed by atoms with van der Waals surface area (Å²) >= 11 is 1.85. The first kappa shape index (κ1) is 19.4. The number of rotatable bonds is 6. The Labute approximate surface area is 164 Å². The topological polar surface area (TPSA) is 67.4 Å². The minimum Gasteiger partial charge on any atom is -0.462 e. The van der Waals surface area contributed by atoms with Crippen molar-refractivity contribution in [2.75, 3.05) is 18.5 Å². The van der Waals surface area contributed by atoms with Gasteiger partial charge >= 0.3 is 12.0 Å². The average molecular weight is 387 g/mol. The Morgan fingerprint density at radius 1 is 1.30 bits per heavy atom. The summed E-state index contributed by atoms with van der Waals surface area (Å²) in [5.74, 6) is 0.333. The number of esters is 1. The number of ether oxygens (including phenoxy) is 1. The van der Waals surface area contributed by atoms with Gasteiger partial charge < -0.3 is 15.4 Å². The number of thiophene rings is 1. The Bertz CT molecular complexity index is 816. The van der Waals surface area contributed by atoms with Gasteiger partial charge in [0.05, 0.1) is 17.9 Å². The SMILES string of the molecule is CCOC(=O)c1ccccc1NC(=O)NCCc1csc2c1CC[C@@H](C)C2. The summed E-state index contributed by atoms with van der Waals surface area (Å²) in [7, 11) is 0. The van der Waals surface area contributed by atoms with Crippen molar-refractivity contribution in [3.63, 3.8) is 0 Å². The third-order valence-corrected chi connectivity index (χ3v) is 5.94. The van der Waals surface area contributed by atoms with Gasteiger partial charge in [0.2, 0.25) is 0 Å². The monoisotopic (exact) mass is 386 g/mol. The van der Waals surface area contributed by atoms with E-state index in [9.17, 15) is 9.59 Å². The van der Waals surface area contributed by atoms with Crippen LogP contribution >= 0.6 is 11.3 Å². The highest BCUT2D eigenvalue weighted by Crippen LogP contribution is 2.32. The average Bonchev–Trinajstić information content (AvgIpc) is 3.04. The normalized spacial score (nSPS) is 15.7. The summed E-state index contributed by atoms with van der Waals surface area (Å²) < 4.78 is 5.03. The number of hydrogen-bond acceptors (Lipinski definition) is 4. The number of para-hydroxylation sites is 1. The third kappa shape index (κ3) is 4.89. The van der Waals surface area contributed by atoms with E-state index in [1.54, 1.807) is 31.2 Å². The van der Waals surface area contributed by atoms with Crippen molar-refractivity contribution in [1.29, 1.82) is 0 Å². The molecule has 1 aliphatic carbocycles. The van der Waals surface area contributed by atoms with Crippen molar-refractivity contribution in [3.05, 3.63) is 51.2 Å². The molecular formula is C21H26N2O3S. The lowest BCUT2D eigenvalue weighted by atomic mass is 9.88. The van der Waals surface area contributed by atoms with Crippen molar-refractivity contribution >= 4 is 29.0 Å². The molecule has 0 unspecified atom stereocenters. The zero-order chi connectivity index (χ0) is 19.2. The molecule has 1 aromatic heterocycles. The minimum absolute atomic E-state index is 0.295. The summed E-state index contributed by atoms with van der Waals surface area (Å²) in [5, 5.41) is 7.87. The fourth-order valence-corrected chi connectivity index (χ4v) is 4.71. The molecule has 6 heteroatoms. The molecule has 2 amide bonds. The second kappa shape index (κ2) is 9.04. The lowest BCUT2D eigenvalue weighted by Gasteiger charge is -2.19. The number of carbonyl (C=O) groups is 2. The smallest absolute Gasteiger partial charge is 0.340 e. The standard InChI is InChI=1S/C21H26N2O3S/c1-3-26-20(24)17-6-4-5-7-18(17)23-21(25)22-11-10-15-13-27-19-12-14(2)8-9-16(15)19/h4-7,13-14H,3,8-12H2,1-2H3,(H2,22,23,25)/t14-/m1/s1. The van der Waals surface area contributed by atoms with E-state index in [1.807, 2.05) is 11.3 Å². The molecule has 1 heterocycles. The van der Waals surface area contributed by atoms with Gasteiger partial charge in [-0.25, -0.2) is 9.59 Å². The second-order valence-electron chi connectivity index (χ2n) is 6.91. The Kier molecular flexibility index (Phi) is 6.50. The van der Waals surface area contributed by atoms with Gasteiger partial charge in [0, 0.05) is 11.4 Å². The van der Waals surface area contributed by atoms with E-state index in [-0.39, 0.29) is 6.03 Å². The highest BCUT2D eigenvalue weighted by atomic mass is 32.1. The zero-order valence-electron chi connectivity index (χ0n) is 15.8. The first-order chi connectivity index (χ1) is 13.1. The molecule has 3 rings (SSSR count). The summed E-state index contributed by atoms with van der Waals surface area (Å²) in [6.45, 7) is 4.92. The van der Waals surface area contributed by atoms with Crippen molar-refractivity contribution < 1.29 is 14.3 Å². The van der Waals surface area contributed by atoms with Crippen LogP contribution in [0.25, 0.3) is 0 Å². The fourth-order valence-electron chi connectivity index (χ4n) is 3.41. The number of urea groups is 1. The molecule has 2 aromatic rings. The van der Waals surface area contributed by atoms with Crippen LogP contribution in [-0.4, -0.2) is 25.2 Å². The number of nitrogens with one attached hydrogen (secondary N) is 2. The largest absolute Gasteiger partial charge is 0.462 e. The van der Waals surface area contributed by atoms with Gasteiger partial charge in [0.15, 0.2) is 0 Å². The molecule has 5 nitrogen and oxygen atoms in total. The molecule has 0 saturated heterocycles. The molecule has 1 aromatic carbocycles. The highest BCUT2D eigenvalue weighted by molar-refractivity contribution is 7.10. The number of amides is 2. The number of benzene rings is 1. The number of carbonyl (C=O) groups excluding carboxylic acids is 2. The van der Waals surface area contributed by atoms with E-state index in [4.69, 9.17) is 4.74 Å². The Morgan fingerprint density at radius 2 is 2.11 bits per heavy atom. The lowest BCUT2D eigenvalue weighted by Crippen LogP contribution is -2.31. The van der Waals surface area contributed by atoms with E-state index in [0.29, 0.717) is 24.4 Å². The van der Waals surface area contributed by atoms with E-state index >= 15 is 0 Å². The minimum atomic E-state index is -0.437. The van der Waals surface area contributed by atoms with Crippen LogP contribution in [0.2, 0.25) is 0 Å². The molecule has 0 saturated carbocycles. The van der Waals surface area contributed by atoms with Gasteiger partial charge in [-0.1, -0.05) is 19.1 Å². The van der Waals surface area contributed by atoms with Crippen molar-refractivity contribution in [2.45, 2.75) is 39.5 Å². The van der Waals surface area contributed by atoms with Crippen LogP contribution < -0.4 is 10.6 Å². The molecule has 0 aliphatic heterocycles. The highest BCUT2D eigenvalue weighted by Gasteiger charge is 2.20. The molecule has 1 aliphatic rings. The zero-order valence-corrected chi connectivity index (χ0v) is 16.7. The van der Waals surface area contributed by atoms with Crippen LogP contribution in [0.1, 0.15) is 46.6 Å². The lowest BCUT2D eigenvalue weighted by molar-refractivity contribution is 0.0527. The third-order valence-electron chi connectivity index (χ3n) is 4.84. The van der Waals surface area contributed by atoms with Crippen LogP contribution in [-0.2, 0) is 24.0 Å². The number of hydrogen-bond donors (Lipinski definition) is 2. The summed E-state index contributed by atoms with van der Waals surface area (Å²) in [4.78, 5) is 25.7. The number of anilines is 1. The van der Waals surface area contributed by atoms with Crippen molar-refractivity contribution in [2.24, 2.45) is 5.92 Å². The van der Waals surface area contributed by atoms with Gasteiger partial charge in [0.1, 0.15) is 0 Å². The maximum atomic E-state index is 12.2. The second-order valence-corrected chi connectivity index (χ2v) is 7.87. The van der Waals surface area contributed by atoms with Gasteiger partial charge in [-0.3, -0.25) is 0 Å². The quantitative estimate of drug-likeness (QED) is 0.723. The molecule has 0 radical (unpaired) electrons. The summed E-state index contributed by atoms with van der Waals surface area (Å²) in [6, 6.07) is 6.55. The molecule has 1 atom stereocenters. The van der Waals surface area contributed by atoms with Crippen LogP contribution in [0.15, 0.2) is 29.6 Å². The van der Waals surface area contributed by atoms with Crippen LogP contribution in [0.4, 0.5) is 10.5 Å². The first-order valence-electron chi connectivity index (χ1n) is 9.47. The van der Waals surface area contributed by atoms with Crippen molar-refractivity contribution in [1.82, 2.24) is 5.32 Å². The van der Waals surface area contributed by atoms with E-state index in [1.165, 1.54) is 28.8 Å². The number of fused-ring (bicyclic) bond motifs is 1. The van der Waals surface area contributed by atoms with Gasteiger partial charge in [0.25, 0.3) is 0 Å². The molecule has 2 N–H and O–H groups in total. The molecule has 0 bridgehead atoms. The molecule has 27 heavy (non-hydrogen) atoms. The van der Waals surface area contributed by atoms with Gasteiger partial charge in [-0.05, 0) is 67.2 Å². The summed E-state index contributed by atoms with van der Waals surface area (Å²) in [5.41, 5.74) is 3.66.